The Morgan fingerprint density at radius 1 is 1.22 bits per heavy atom. The number of amides is 1. The third-order valence-electron chi connectivity index (χ3n) is 2.80. The molecule has 0 bridgehead atoms. The van der Waals surface area contributed by atoms with E-state index in [1.54, 1.807) is 0 Å². The van der Waals surface area contributed by atoms with E-state index in [-0.39, 0.29) is 6.67 Å². The molecule has 18 heavy (non-hydrogen) atoms. The molecule has 1 aliphatic carbocycles. The fraction of sp³-hybridized carbons (Fsp3) is 0.231. The van der Waals surface area contributed by atoms with Crippen molar-refractivity contribution in [3.8, 4) is 0 Å². The van der Waals surface area contributed by atoms with Gasteiger partial charge in [0.25, 0.3) is 0 Å². The number of anilines is 1. The van der Waals surface area contributed by atoms with E-state index in [9.17, 15) is 9.59 Å². The van der Waals surface area contributed by atoms with Gasteiger partial charge in [-0.3, -0.25) is 4.79 Å². The highest BCUT2D eigenvalue weighted by molar-refractivity contribution is 5.93. The largest absolute Gasteiger partial charge is 0.478 e. The molecule has 0 unspecified atom stereocenters. The molecule has 0 heterocycles. The summed E-state index contributed by atoms with van der Waals surface area (Å²) in [4.78, 5) is 21.4. The van der Waals surface area contributed by atoms with Crippen LogP contribution in [0.1, 0.15) is 11.1 Å². The number of rotatable bonds is 5. The third-order valence-corrected chi connectivity index (χ3v) is 2.80. The van der Waals surface area contributed by atoms with Crippen LogP contribution in [0, 0.1) is 0 Å². The van der Waals surface area contributed by atoms with E-state index in [2.05, 4.69) is 22.8 Å². The molecule has 0 fully saturated rings. The minimum Gasteiger partial charge on any atom is -0.478 e. The summed E-state index contributed by atoms with van der Waals surface area (Å²) in [5, 5.41) is 13.9. The van der Waals surface area contributed by atoms with Crippen LogP contribution in [-0.4, -0.2) is 23.7 Å². The van der Waals surface area contributed by atoms with Crippen LogP contribution in [0.15, 0.2) is 30.4 Å². The number of aliphatic carboxylic acids is 1. The van der Waals surface area contributed by atoms with Gasteiger partial charge in [-0.05, 0) is 36.1 Å². The molecule has 1 amide bonds. The monoisotopic (exact) mass is 246 g/mol. The van der Waals surface area contributed by atoms with Crippen LogP contribution in [0.4, 0.5) is 5.69 Å². The van der Waals surface area contributed by atoms with E-state index in [1.807, 2.05) is 6.07 Å². The topological polar surface area (TPSA) is 78.4 Å². The molecule has 0 saturated carbocycles. The highest BCUT2D eigenvalue weighted by Gasteiger charge is 2.12. The van der Waals surface area contributed by atoms with Crippen LogP contribution in [0.3, 0.4) is 0 Å². The summed E-state index contributed by atoms with van der Waals surface area (Å²) in [6.07, 6.45) is 4.05. The predicted octanol–water partition coefficient (Wildman–Crippen LogP) is 0.912. The van der Waals surface area contributed by atoms with Crippen LogP contribution in [-0.2, 0) is 22.4 Å². The predicted molar refractivity (Wildman–Crippen MR) is 67.3 cm³/mol. The van der Waals surface area contributed by atoms with E-state index >= 15 is 0 Å². The van der Waals surface area contributed by atoms with Crippen molar-refractivity contribution in [2.45, 2.75) is 12.8 Å². The highest BCUT2D eigenvalue weighted by atomic mass is 16.4. The van der Waals surface area contributed by atoms with E-state index in [0.29, 0.717) is 0 Å². The average molecular weight is 246 g/mol. The first-order chi connectivity index (χ1) is 8.65. The fourth-order valence-corrected chi connectivity index (χ4v) is 1.74. The van der Waals surface area contributed by atoms with Gasteiger partial charge in [0, 0.05) is 17.8 Å². The van der Waals surface area contributed by atoms with Gasteiger partial charge in [0.15, 0.2) is 0 Å². The van der Waals surface area contributed by atoms with E-state index in [4.69, 9.17) is 5.11 Å². The van der Waals surface area contributed by atoms with Crippen molar-refractivity contribution in [2.75, 3.05) is 12.0 Å². The lowest BCUT2D eigenvalue weighted by molar-refractivity contribution is -0.131. The summed E-state index contributed by atoms with van der Waals surface area (Å²) in [6.45, 7) is 0.265. The molecule has 0 aliphatic heterocycles. The van der Waals surface area contributed by atoms with E-state index < -0.39 is 11.9 Å². The Morgan fingerprint density at radius 3 is 2.61 bits per heavy atom. The quantitative estimate of drug-likeness (QED) is 0.533. The highest BCUT2D eigenvalue weighted by Crippen LogP contribution is 2.25. The van der Waals surface area contributed by atoms with Crippen LogP contribution < -0.4 is 10.6 Å². The Balaban J connectivity index is 1.76. The molecule has 2 rings (SSSR count). The van der Waals surface area contributed by atoms with Gasteiger partial charge in [0.05, 0.1) is 6.67 Å². The zero-order valence-corrected chi connectivity index (χ0v) is 9.77. The van der Waals surface area contributed by atoms with Crippen molar-refractivity contribution in [1.82, 2.24) is 5.32 Å². The Labute approximate surface area is 105 Å². The summed E-state index contributed by atoms with van der Waals surface area (Å²) in [6, 6.07) is 6.11. The van der Waals surface area contributed by atoms with Crippen LogP contribution in [0.25, 0.3) is 0 Å². The van der Waals surface area contributed by atoms with Crippen molar-refractivity contribution in [2.24, 2.45) is 0 Å². The minimum absolute atomic E-state index is 0.265. The zero-order chi connectivity index (χ0) is 13.0. The number of hydrogen-bond donors (Lipinski definition) is 3. The van der Waals surface area contributed by atoms with Gasteiger partial charge < -0.3 is 15.7 Å². The molecule has 94 valence electrons. The fourth-order valence-electron chi connectivity index (χ4n) is 1.74. The third kappa shape index (κ3) is 3.10. The summed E-state index contributed by atoms with van der Waals surface area (Å²) < 4.78 is 0. The lowest BCUT2D eigenvalue weighted by atomic mass is 9.88. The van der Waals surface area contributed by atoms with Crippen LogP contribution >= 0.6 is 0 Å². The van der Waals surface area contributed by atoms with Crippen molar-refractivity contribution >= 4 is 17.6 Å². The SMILES string of the molecule is O=C(O)C=CC(=O)NCNc1ccc2c(c1)CC2. The molecular formula is C13H14N2O3. The van der Waals surface area contributed by atoms with Crippen molar-refractivity contribution in [3.05, 3.63) is 41.5 Å². The average Bonchev–Trinajstić information content (AvgIpc) is 2.30. The smallest absolute Gasteiger partial charge is 0.328 e. The molecule has 5 nitrogen and oxygen atoms in total. The van der Waals surface area contributed by atoms with Gasteiger partial charge in [-0.25, -0.2) is 4.79 Å². The van der Waals surface area contributed by atoms with Gasteiger partial charge in [0.1, 0.15) is 0 Å². The molecule has 1 aromatic rings. The van der Waals surface area contributed by atoms with Crippen molar-refractivity contribution in [1.29, 1.82) is 0 Å². The Kier molecular flexibility index (Phi) is 3.62. The number of carboxylic acids is 1. The van der Waals surface area contributed by atoms with Gasteiger partial charge in [0.2, 0.25) is 5.91 Å². The normalized spacial score (nSPS) is 12.7. The molecule has 0 spiro atoms. The van der Waals surface area contributed by atoms with Crippen molar-refractivity contribution in [3.63, 3.8) is 0 Å². The Bertz CT molecular complexity index is 509. The van der Waals surface area contributed by atoms with E-state index in [1.165, 1.54) is 11.1 Å². The maximum absolute atomic E-state index is 11.2. The number of carboxylic acid groups (broad SMARTS) is 1. The zero-order valence-electron chi connectivity index (χ0n) is 9.77. The number of fused-ring (bicyclic) bond motifs is 1. The first kappa shape index (κ1) is 12.2. The maximum Gasteiger partial charge on any atom is 0.328 e. The molecule has 1 aliphatic rings. The molecule has 1 aromatic carbocycles. The van der Waals surface area contributed by atoms with Crippen LogP contribution in [0.2, 0.25) is 0 Å². The summed E-state index contributed by atoms with van der Waals surface area (Å²) in [5.41, 5.74) is 3.68. The summed E-state index contributed by atoms with van der Waals surface area (Å²) in [5.74, 6) is -1.57. The number of hydrogen-bond acceptors (Lipinski definition) is 3. The molecule has 0 saturated heterocycles. The number of carbonyl (C=O) groups excluding carboxylic acids is 1. The van der Waals surface area contributed by atoms with Gasteiger partial charge >= 0.3 is 5.97 Å². The molecule has 0 aromatic heterocycles. The second-order valence-corrected chi connectivity index (χ2v) is 4.05. The Morgan fingerprint density at radius 2 is 2.00 bits per heavy atom. The standard InChI is InChI=1S/C13H14N2O3/c16-12(5-6-13(17)18)15-8-14-11-4-3-9-1-2-10(9)7-11/h3-7,14H,1-2,8H2,(H,15,16)(H,17,18). The lowest BCUT2D eigenvalue weighted by Gasteiger charge is -2.19. The second-order valence-electron chi connectivity index (χ2n) is 4.05. The molecule has 3 N–H and O–H groups in total. The van der Waals surface area contributed by atoms with Crippen LogP contribution in [0.5, 0.6) is 0 Å². The molecular weight excluding hydrogens is 232 g/mol. The molecule has 0 radical (unpaired) electrons. The number of benzene rings is 1. The first-order valence-electron chi connectivity index (χ1n) is 5.69. The number of aryl methyl sites for hydroxylation is 2. The Hall–Kier alpha value is -2.30. The first-order valence-corrected chi connectivity index (χ1v) is 5.69. The molecule has 5 heteroatoms. The summed E-state index contributed by atoms with van der Waals surface area (Å²) >= 11 is 0. The van der Waals surface area contributed by atoms with Gasteiger partial charge in [-0.2, -0.15) is 0 Å². The van der Waals surface area contributed by atoms with Gasteiger partial charge in [-0.15, -0.1) is 0 Å². The van der Waals surface area contributed by atoms with Gasteiger partial charge in [-0.1, -0.05) is 6.07 Å². The van der Waals surface area contributed by atoms with E-state index in [0.717, 1.165) is 30.7 Å². The van der Waals surface area contributed by atoms with Crippen molar-refractivity contribution < 1.29 is 14.7 Å². The molecule has 0 atom stereocenters. The number of nitrogens with one attached hydrogen (secondary N) is 2. The maximum atomic E-state index is 11.2. The lowest BCUT2D eigenvalue weighted by Crippen LogP contribution is -2.27. The summed E-state index contributed by atoms with van der Waals surface area (Å²) in [7, 11) is 0. The minimum atomic E-state index is -1.14. The second kappa shape index (κ2) is 5.35. The number of carbonyl (C=O) groups is 2.